The highest BCUT2D eigenvalue weighted by molar-refractivity contribution is 9.10. The van der Waals surface area contributed by atoms with Gasteiger partial charge in [-0.2, -0.15) is 0 Å². The molecule has 0 spiro atoms. The Morgan fingerprint density at radius 3 is 2.29 bits per heavy atom. The first kappa shape index (κ1) is 19.2. The number of thiophene rings is 1. The van der Waals surface area contributed by atoms with Crippen LogP contribution in [0, 0.1) is 17.5 Å². The first-order chi connectivity index (χ1) is 13.5. The van der Waals surface area contributed by atoms with Crippen molar-refractivity contribution in [2.45, 2.75) is 9.79 Å². The number of fused-ring (bicyclic) bond motifs is 1. The fraction of sp³-hybridized carbons (Fsp3) is 0. The minimum Gasteiger partial charge on any atom is -0.288 e. The Morgan fingerprint density at radius 1 is 0.893 bits per heavy atom. The highest BCUT2D eigenvalue weighted by Gasteiger charge is 2.25. The van der Waals surface area contributed by atoms with E-state index in [1.807, 2.05) is 0 Å². The third-order valence-corrected chi connectivity index (χ3v) is 7.29. The van der Waals surface area contributed by atoms with Crippen molar-refractivity contribution in [3.05, 3.63) is 93.0 Å². The highest BCUT2D eigenvalue weighted by atomic mass is 79.9. The van der Waals surface area contributed by atoms with E-state index in [1.54, 1.807) is 54.6 Å². The highest BCUT2D eigenvalue weighted by Crippen LogP contribution is 2.42. The van der Waals surface area contributed by atoms with E-state index in [2.05, 4.69) is 15.9 Å². The Morgan fingerprint density at radius 2 is 1.57 bits per heavy atom. The first-order valence-electron chi connectivity index (χ1n) is 8.09. The van der Waals surface area contributed by atoms with Gasteiger partial charge in [0.25, 0.3) is 0 Å². The monoisotopic (exact) mass is 478 g/mol. The molecule has 0 aliphatic heterocycles. The maximum atomic E-state index is 15.1. The third kappa shape index (κ3) is 3.38. The summed E-state index contributed by atoms with van der Waals surface area (Å²) in [7, 11) is 0. The van der Waals surface area contributed by atoms with E-state index < -0.39 is 22.3 Å². The second kappa shape index (κ2) is 7.73. The van der Waals surface area contributed by atoms with Gasteiger partial charge in [0.2, 0.25) is 5.78 Å². The minimum absolute atomic E-state index is 0.0762. The zero-order valence-electron chi connectivity index (χ0n) is 14.0. The summed E-state index contributed by atoms with van der Waals surface area (Å²) in [5.41, 5.74) is 0.401. The van der Waals surface area contributed by atoms with Crippen molar-refractivity contribution in [2.24, 2.45) is 0 Å². The summed E-state index contributed by atoms with van der Waals surface area (Å²) in [5.74, 6) is -3.65. The Labute approximate surface area is 175 Å². The number of benzene rings is 3. The fourth-order valence-corrected chi connectivity index (χ4v) is 5.26. The molecule has 0 saturated heterocycles. The number of carbonyl (C=O) groups is 1. The topological polar surface area (TPSA) is 17.1 Å². The number of carbonyl (C=O) groups excluding carboxylic acids is 1. The van der Waals surface area contributed by atoms with E-state index in [0.29, 0.717) is 14.9 Å². The molecular formula is C21H10BrF3OS2. The lowest BCUT2D eigenvalue weighted by atomic mass is 10.1. The number of halogens is 4. The Bertz CT molecular complexity index is 1210. The lowest BCUT2D eigenvalue weighted by molar-refractivity contribution is 0.104. The maximum absolute atomic E-state index is 15.1. The normalized spacial score (nSPS) is 11.1. The van der Waals surface area contributed by atoms with Gasteiger partial charge in [-0.1, -0.05) is 54.2 Å². The van der Waals surface area contributed by atoms with Crippen LogP contribution in [0.2, 0.25) is 0 Å². The van der Waals surface area contributed by atoms with E-state index >= 15 is 4.39 Å². The molecule has 0 fully saturated rings. The molecule has 0 unspecified atom stereocenters. The molecule has 28 heavy (non-hydrogen) atoms. The molecule has 0 bridgehead atoms. The number of ketones is 1. The van der Waals surface area contributed by atoms with Crippen LogP contribution >= 0.6 is 39.0 Å². The maximum Gasteiger partial charge on any atom is 0.202 e. The molecule has 0 saturated carbocycles. The quantitative estimate of drug-likeness (QED) is 0.223. The van der Waals surface area contributed by atoms with Gasteiger partial charge in [0, 0.05) is 20.3 Å². The molecule has 0 aliphatic carbocycles. The third-order valence-electron chi connectivity index (χ3n) is 4.07. The summed E-state index contributed by atoms with van der Waals surface area (Å²) in [6, 6.07) is 16.5. The van der Waals surface area contributed by atoms with Gasteiger partial charge >= 0.3 is 0 Å². The molecule has 140 valence electrons. The van der Waals surface area contributed by atoms with Gasteiger partial charge in [0.15, 0.2) is 17.5 Å². The average Bonchev–Trinajstić information content (AvgIpc) is 3.17. The molecule has 0 atom stereocenters. The Hall–Kier alpha value is -2.09. The number of hydrogen-bond acceptors (Lipinski definition) is 3. The van der Waals surface area contributed by atoms with Gasteiger partial charge in [-0.15, -0.1) is 11.3 Å². The van der Waals surface area contributed by atoms with Crippen molar-refractivity contribution in [1.82, 2.24) is 0 Å². The molecule has 1 aromatic heterocycles. The average molecular weight is 479 g/mol. The molecule has 1 nitrogen and oxygen atoms in total. The molecule has 3 aromatic carbocycles. The molecular weight excluding hydrogens is 469 g/mol. The summed E-state index contributed by atoms with van der Waals surface area (Å²) >= 11 is 4.94. The fourth-order valence-electron chi connectivity index (χ4n) is 2.71. The smallest absolute Gasteiger partial charge is 0.202 e. The molecule has 4 rings (SSSR count). The standard InChI is InChI=1S/C21H10BrF3OS2/c22-13-8-4-5-9-14(13)27-21-17(24)16(23)12-10-15(28-20(12)18(21)25)19(26)11-6-2-1-3-7-11/h1-10H. The van der Waals surface area contributed by atoms with Crippen molar-refractivity contribution >= 4 is 54.9 Å². The Kier molecular flexibility index (Phi) is 5.31. The largest absolute Gasteiger partial charge is 0.288 e. The van der Waals surface area contributed by atoms with Crippen LogP contribution in [0.4, 0.5) is 13.2 Å². The van der Waals surface area contributed by atoms with Gasteiger partial charge in [0.1, 0.15) is 0 Å². The second-order valence-corrected chi connectivity index (χ2v) is 8.81. The van der Waals surface area contributed by atoms with Gasteiger partial charge in [0.05, 0.1) is 14.5 Å². The SMILES string of the molecule is O=C(c1ccccc1)c1cc2c(F)c(F)c(Sc3ccccc3Br)c(F)c2s1. The van der Waals surface area contributed by atoms with Crippen LogP contribution < -0.4 is 0 Å². The summed E-state index contributed by atoms with van der Waals surface area (Å²) in [6.07, 6.45) is 0. The van der Waals surface area contributed by atoms with E-state index in [9.17, 15) is 13.6 Å². The van der Waals surface area contributed by atoms with Crippen LogP contribution in [0.25, 0.3) is 10.1 Å². The lowest BCUT2D eigenvalue weighted by Gasteiger charge is -2.08. The molecule has 1 heterocycles. The predicted molar refractivity (Wildman–Crippen MR) is 110 cm³/mol. The van der Waals surface area contributed by atoms with Gasteiger partial charge in [-0.25, -0.2) is 13.2 Å². The molecule has 0 amide bonds. The first-order valence-corrected chi connectivity index (χ1v) is 10.5. The Balaban J connectivity index is 1.84. The molecule has 7 heteroatoms. The van der Waals surface area contributed by atoms with Gasteiger partial charge in [-0.3, -0.25) is 4.79 Å². The number of hydrogen-bond donors (Lipinski definition) is 0. The van der Waals surface area contributed by atoms with Crippen LogP contribution in [0.15, 0.2) is 74.9 Å². The summed E-state index contributed by atoms with van der Waals surface area (Å²) in [4.78, 5) is 12.9. The van der Waals surface area contributed by atoms with Gasteiger partial charge < -0.3 is 0 Å². The van der Waals surface area contributed by atoms with Crippen LogP contribution in [0.5, 0.6) is 0 Å². The summed E-state index contributed by atoms with van der Waals surface area (Å²) < 4.78 is 44.9. The van der Waals surface area contributed by atoms with Crippen molar-refractivity contribution < 1.29 is 18.0 Å². The molecule has 0 radical (unpaired) electrons. The van der Waals surface area contributed by atoms with Crippen molar-refractivity contribution in [1.29, 1.82) is 0 Å². The van der Waals surface area contributed by atoms with Crippen LogP contribution in [-0.2, 0) is 0 Å². The minimum atomic E-state index is -1.26. The predicted octanol–water partition coefficient (Wildman–Crippen LogP) is 7.46. The van der Waals surface area contributed by atoms with Crippen molar-refractivity contribution in [3.8, 4) is 0 Å². The zero-order valence-corrected chi connectivity index (χ0v) is 17.2. The van der Waals surface area contributed by atoms with Crippen LogP contribution in [0.1, 0.15) is 15.2 Å². The molecule has 0 aliphatic rings. The van der Waals surface area contributed by atoms with Crippen molar-refractivity contribution in [2.75, 3.05) is 0 Å². The lowest BCUT2D eigenvalue weighted by Crippen LogP contribution is -1.97. The van der Waals surface area contributed by atoms with Crippen LogP contribution in [0.3, 0.4) is 0 Å². The van der Waals surface area contributed by atoms with Crippen molar-refractivity contribution in [3.63, 3.8) is 0 Å². The van der Waals surface area contributed by atoms with E-state index in [0.717, 1.165) is 23.1 Å². The zero-order chi connectivity index (χ0) is 19.8. The molecule has 4 aromatic rings. The van der Waals surface area contributed by atoms with E-state index in [4.69, 9.17) is 0 Å². The van der Waals surface area contributed by atoms with E-state index in [-0.39, 0.29) is 20.7 Å². The van der Waals surface area contributed by atoms with E-state index in [1.165, 1.54) is 6.07 Å². The summed E-state index contributed by atoms with van der Waals surface area (Å²) in [6.45, 7) is 0. The second-order valence-electron chi connectivity index (χ2n) is 5.85. The molecule has 0 N–H and O–H groups in total. The van der Waals surface area contributed by atoms with Gasteiger partial charge in [-0.05, 0) is 34.1 Å². The number of rotatable bonds is 4. The summed E-state index contributed by atoms with van der Waals surface area (Å²) in [5, 5.41) is -0.226. The van der Waals surface area contributed by atoms with Crippen LogP contribution in [-0.4, -0.2) is 5.78 Å².